The molecule has 6 heteroatoms. The van der Waals surface area contributed by atoms with Crippen LogP contribution in [-0.2, 0) is 14.4 Å². The highest BCUT2D eigenvalue weighted by atomic mass is 19.1. The van der Waals surface area contributed by atoms with E-state index >= 15 is 0 Å². The maximum absolute atomic E-state index is 14.7. The van der Waals surface area contributed by atoms with Crippen molar-refractivity contribution in [2.75, 3.05) is 9.96 Å². The minimum atomic E-state index is -1.01. The topological polar surface area (TPSA) is 49.9 Å². The van der Waals surface area contributed by atoms with E-state index in [9.17, 15) is 14.0 Å². The zero-order chi connectivity index (χ0) is 20.0. The van der Waals surface area contributed by atoms with Gasteiger partial charge in [0, 0.05) is 5.56 Å². The van der Waals surface area contributed by atoms with E-state index in [0.29, 0.717) is 16.9 Å². The fourth-order valence-corrected chi connectivity index (χ4v) is 4.08. The lowest BCUT2D eigenvalue weighted by molar-refractivity contribution is -0.126. The average Bonchev–Trinajstić information content (AvgIpc) is 3.26. The normalized spacial score (nSPS) is 23.6. The minimum absolute atomic E-state index is 0.319. The predicted octanol–water partition coefficient (Wildman–Crippen LogP) is 3.88. The first-order valence-electron chi connectivity index (χ1n) is 9.35. The van der Waals surface area contributed by atoms with Crippen LogP contribution in [0.3, 0.4) is 0 Å². The highest BCUT2D eigenvalue weighted by molar-refractivity contribution is 6.23. The van der Waals surface area contributed by atoms with E-state index in [-0.39, 0.29) is 0 Å². The van der Waals surface area contributed by atoms with Crippen LogP contribution in [-0.4, -0.2) is 17.9 Å². The van der Waals surface area contributed by atoms with E-state index in [1.807, 2.05) is 24.3 Å². The first-order chi connectivity index (χ1) is 14.2. The zero-order valence-corrected chi connectivity index (χ0v) is 15.3. The van der Waals surface area contributed by atoms with Crippen molar-refractivity contribution < 1.29 is 18.8 Å². The molecule has 2 aliphatic heterocycles. The van der Waals surface area contributed by atoms with Crippen LogP contribution >= 0.6 is 0 Å². The van der Waals surface area contributed by atoms with Gasteiger partial charge in [-0.05, 0) is 30.3 Å². The van der Waals surface area contributed by atoms with E-state index in [0.717, 1.165) is 4.90 Å². The molecule has 2 saturated heterocycles. The summed E-state index contributed by atoms with van der Waals surface area (Å²) < 4.78 is 14.7. The number of anilines is 2. The van der Waals surface area contributed by atoms with Crippen molar-refractivity contribution in [3.8, 4) is 0 Å². The van der Waals surface area contributed by atoms with Crippen molar-refractivity contribution in [1.29, 1.82) is 0 Å². The molecule has 2 heterocycles. The Kier molecular flexibility index (Phi) is 4.14. The Morgan fingerprint density at radius 3 is 1.97 bits per heavy atom. The number of hydrogen-bond acceptors (Lipinski definition) is 4. The molecular formula is C23H17FN2O3. The summed E-state index contributed by atoms with van der Waals surface area (Å²) in [5.41, 5.74) is 1.46. The number of carbonyl (C=O) groups excluding carboxylic acids is 2. The lowest BCUT2D eigenvalue weighted by Crippen LogP contribution is -2.37. The van der Waals surface area contributed by atoms with Crippen molar-refractivity contribution in [2.45, 2.75) is 12.1 Å². The Balaban J connectivity index is 1.62. The molecule has 0 spiro atoms. The summed E-state index contributed by atoms with van der Waals surface area (Å²) in [6, 6.07) is 23.4. The lowest BCUT2D eigenvalue weighted by Gasteiger charge is -2.28. The molecule has 2 amide bonds. The Labute approximate surface area is 166 Å². The molecule has 0 saturated carbocycles. The number of para-hydroxylation sites is 2. The second-order valence-electron chi connectivity index (χ2n) is 7.03. The van der Waals surface area contributed by atoms with E-state index < -0.39 is 35.7 Å². The Morgan fingerprint density at radius 2 is 1.31 bits per heavy atom. The summed E-state index contributed by atoms with van der Waals surface area (Å²) >= 11 is 0. The third kappa shape index (κ3) is 2.72. The van der Waals surface area contributed by atoms with Crippen LogP contribution in [0.25, 0.3) is 0 Å². The number of benzene rings is 3. The van der Waals surface area contributed by atoms with Gasteiger partial charge in [-0.3, -0.25) is 14.4 Å². The van der Waals surface area contributed by atoms with E-state index in [2.05, 4.69) is 0 Å². The number of amides is 2. The summed E-state index contributed by atoms with van der Waals surface area (Å²) in [6.45, 7) is 0. The number of halogens is 1. The average molecular weight is 388 g/mol. The van der Waals surface area contributed by atoms with Crippen molar-refractivity contribution in [2.24, 2.45) is 5.92 Å². The molecule has 0 bridgehead atoms. The molecule has 29 heavy (non-hydrogen) atoms. The maximum Gasteiger partial charge on any atom is 0.266 e. The fourth-order valence-electron chi connectivity index (χ4n) is 4.08. The lowest BCUT2D eigenvalue weighted by atomic mass is 9.90. The van der Waals surface area contributed by atoms with Gasteiger partial charge in [-0.2, -0.15) is 0 Å². The smallest absolute Gasteiger partial charge is 0.266 e. The molecule has 0 radical (unpaired) electrons. The number of hydrogen-bond donors (Lipinski definition) is 0. The van der Waals surface area contributed by atoms with E-state index in [1.54, 1.807) is 54.6 Å². The molecule has 0 unspecified atom stereocenters. The van der Waals surface area contributed by atoms with E-state index in [1.165, 1.54) is 11.1 Å². The van der Waals surface area contributed by atoms with Crippen LogP contribution in [0, 0.1) is 11.7 Å². The van der Waals surface area contributed by atoms with E-state index in [4.69, 9.17) is 4.84 Å². The molecule has 3 aromatic carbocycles. The van der Waals surface area contributed by atoms with Gasteiger partial charge in [0.15, 0.2) is 6.10 Å². The molecule has 2 fully saturated rings. The van der Waals surface area contributed by atoms with Gasteiger partial charge in [0.05, 0.1) is 17.4 Å². The summed E-state index contributed by atoms with van der Waals surface area (Å²) in [4.78, 5) is 33.6. The summed E-state index contributed by atoms with van der Waals surface area (Å²) in [7, 11) is 0. The van der Waals surface area contributed by atoms with Crippen LogP contribution in [0.1, 0.15) is 11.6 Å². The highest BCUT2D eigenvalue weighted by Gasteiger charge is 2.60. The number of rotatable bonds is 3. The highest BCUT2D eigenvalue weighted by Crippen LogP contribution is 2.47. The van der Waals surface area contributed by atoms with Crippen molar-refractivity contribution in [1.82, 2.24) is 0 Å². The van der Waals surface area contributed by atoms with Gasteiger partial charge in [-0.25, -0.2) is 14.4 Å². The molecular weight excluding hydrogens is 371 g/mol. The van der Waals surface area contributed by atoms with Crippen LogP contribution < -0.4 is 9.96 Å². The second kappa shape index (κ2) is 6.83. The first kappa shape index (κ1) is 17.6. The van der Waals surface area contributed by atoms with Crippen LogP contribution in [0.5, 0.6) is 0 Å². The van der Waals surface area contributed by atoms with Gasteiger partial charge in [0.1, 0.15) is 11.7 Å². The second-order valence-corrected chi connectivity index (χ2v) is 7.03. The number of imide groups is 1. The molecule has 0 aliphatic carbocycles. The molecule has 0 aromatic heterocycles. The van der Waals surface area contributed by atoms with Crippen LogP contribution in [0.2, 0.25) is 0 Å². The molecule has 0 N–H and O–H groups in total. The van der Waals surface area contributed by atoms with Crippen molar-refractivity contribution >= 4 is 23.2 Å². The maximum atomic E-state index is 14.7. The molecule has 144 valence electrons. The van der Waals surface area contributed by atoms with Gasteiger partial charge >= 0.3 is 0 Å². The van der Waals surface area contributed by atoms with Gasteiger partial charge < -0.3 is 0 Å². The Morgan fingerprint density at radius 1 is 0.724 bits per heavy atom. The fraction of sp³-hybridized carbons (Fsp3) is 0.130. The molecule has 5 nitrogen and oxygen atoms in total. The largest absolute Gasteiger partial charge is 0.273 e. The minimum Gasteiger partial charge on any atom is -0.273 e. The number of hydroxylamine groups is 1. The third-order valence-corrected chi connectivity index (χ3v) is 5.36. The third-order valence-electron chi connectivity index (χ3n) is 5.36. The zero-order valence-electron chi connectivity index (χ0n) is 15.3. The van der Waals surface area contributed by atoms with Crippen molar-refractivity contribution in [3.63, 3.8) is 0 Å². The molecule has 3 aromatic rings. The van der Waals surface area contributed by atoms with Crippen LogP contribution in [0.15, 0.2) is 84.9 Å². The Hall–Kier alpha value is -3.51. The molecule has 2 aliphatic rings. The number of nitrogens with zero attached hydrogens (tertiary/aromatic N) is 2. The molecule has 3 atom stereocenters. The standard InChI is InChI=1S/C23H17FN2O3/c24-18-14-8-7-13-17(18)20-19-21(29-26(20)16-11-5-2-6-12-16)23(28)25(22(19)27)15-9-3-1-4-10-15/h1-14,19-21H/t19-,20+,21+/m0/s1. The van der Waals surface area contributed by atoms with Crippen LogP contribution in [0.4, 0.5) is 15.8 Å². The number of fused-ring (bicyclic) bond motifs is 1. The summed E-state index contributed by atoms with van der Waals surface area (Å²) in [5, 5.41) is 1.49. The summed E-state index contributed by atoms with van der Waals surface area (Å²) in [6.07, 6.45) is -1.01. The quantitative estimate of drug-likeness (QED) is 0.639. The molecule has 5 rings (SSSR count). The summed E-state index contributed by atoms with van der Waals surface area (Å²) in [5.74, 6) is -2.12. The Bertz CT molecular complexity index is 1070. The first-order valence-corrected chi connectivity index (χ1v) is 9.35. The SMILES string of the molecule is O=C1[C@H]2[C@@H](c3ccccc3F)N(c3ccccc3)O[C@H]2C(=O)N1c1ccccc1. The van der Waals surface area contributed by atoms with Gasteiger partial charge in [-0.1, -0.05) is 54.6 Å². The number of carbonyl (C=O) groups is 2. The van der Waals surface area contributed by atoms with Gasteiger partial charge in [0.25, 0.3) is 5.91 Å². The monoisotopic (exact) mass is 388 g/mol. The predicted molar refractivity (Wildman–Crippen MR) is 105 cm³/mol. The van der Waals surface area contributed by atoms with Crippen molar-refractivity contribution in [3.05, 3.63) is 96.3 Å². The van der Waals surface area contributed by atoms with Gasteiger partial charge in [0.2, 0.25) is 5.91 Å². The van der Waals surface area contributed by atoms with Gasteiger partial charge in [-0.15, -0.1) is 0 Å².